The number of hydrogen-bond acceptors (Lipinski definition) is 9. The fourth-order valence-electron chi connectivity index (χ4n) is 5.03. The van der Waals surface area contributed by atoms with Gasteiger partial charge in [0, 0.05) is 5.56 Å². The monoisotopic (exact) mass is 747 g/mol. The summed E-state index contributed by atoms with van der Waals surface area (Å²) in [6, 6.07) is 19.6. The van der Waals surface area contributed by atoms with Crippen molar-refractivity contribution in [2.45, 2.75) is 26.5 Å². The number of fused-ring (bicyclic) bond motifs is 1. The second-order valence-corrected chi connectivity index (χ2v) is 12.2. The lowest BCUT2D eigenvalue weighted by Gasteiger charge is -2.24. The Labute approximate surface area is 283 Å². The lowest BCUT2D eigenvalue weighted by Crippen LogP contribution is -2.39. The molecule has 1 aliphatic rings. The highest BCUT2D eigenvalue weighted by Crippen LogP contribution is 2.35. The van der Waals surface area contributed by atoms with Crippen LogP contribution in [0.15, 0.2) is 94.4 Å². The van der Waals surface area contributed by atoms with Crippen molar-refractivity contribution in [3.63, 3.8) is 0 Å². The molecule has 0 N–H and O–H groups in total. The first kappa shape index (κ1) is 32.7. The van der Waals surface area contributed by atoms with E-state index in [1.807, 2.05) is 36.4 Å². The molecule has 0 amide bonds. The van der Waals surface area contributed by atoms with Crippen LogP contribution in [0.3, 0.4) is 0 Å². The first-order chi connectivity index (χ1) is 22.3. The SMILES string of the molecule is C=CCOc1ccc([C@@H]2C(C(=O)OCC)=C(C)N=c3s/c(=C\c4cc(I)c(OCc5ccccc5C#N)c(OC)c4)c(=O)n32)cc1. The standard InChI is InChI=1S/C35H30IN3O6S/c1-5-15-44-26-13-11-23(12-14-26)31-30(34(41)43-6-2)21(3)38-35-39(31)33(40)29(46-35)18-22-16-27(36)32(28(17-22)42-4)45-20-25-10-8-7-9-24(25)19-37/h5,7-14,16-18,31H,1,6,15,20H2,2-4H3/b29-18-/t31-/m1/s1. The lowest BCUT2D eigenvalue weighted by atomic mass is 9.96. The summed E-state index contributed by atoms with van der Waals surface area (Å²) in [4.78, 5) is 32.4. The number of nitriles is 1. The molecule has 0 spiro atoms. The molecular formula is C35H30IN3O6S. The Balaban J connectivity index is 1.56. The molecule has 0 bridgehead atoms. The fraction of sp³-hybridized carbons (Fsp3) is 0.200. The van der Waals surface area contributed by atoms with E-state index in [9.17, 15) is 14.9 Å². The molecule has 11 heteroatoms. The van der Waals surface area contributed by atoms with Gasteiger partial charge in [-0.05, 0) is 84.0 Å². The summed E-state index contributed by atoms with van der Waals surface area (Å²) >= 11 is 3.40. The largest absolute Gasteiger partial charge is 0.493 e. The number of carbonyl (C=O) groups is 1. The number of carbonyl (C=O) groups excluding carboxylic acids is 1. The normalized spacial score (nSPS) is 14.2. The maximum absolute atomic E-state index is 14.1. The molecule has 1 aliphatic heterocycles. The molecule has 0 radical (unpaired) electrons. The van der Waals surface area contributed by atoms with Crippen molar-refractivity contribution < 1.29 is 23.7 Å². The highest BCUT2D eigenvalue weighted by molar-refractivity contribution is 14.1. The minimum atomic E-state index is -0.743. The van der Waals surface area contributed by atoms with Crippen molar-refractivity contribution >= 4 is 46.0 Å². The van der Waals surface area contributed by atoms with Crippen LogP contribution in [-0.4, -0.2) is 30.9 Å². The molecule has 9 nitrogen and oxygen atoms in total. The number of esters is 1. The highest BCUT2D eigenvalue weighted by atomic mass is 127. The van der Waals surface area contributed by atoms with Gasteiger partial charge in [0.05, 0.1) is 50.8 Å². The van der Waals surface area contributed by atoms with Gasteiger partial charge in [-0.25, -0.2) is 9.79 Å². The zero-order chi connectivity index (χ0) is 32.8. The number of halogens is 1. The van der Waals surface area contributed by atoms with Crippen LogP contribution in [0.5, 0.6) is 17.2 Å². The Morgan fingerprint density at radius 2 is 1.93 bits per heavy atom. The van der Waals surface area contributed by atoms with Crippen molar-refractivity contribution in [2.24, 2.45) is 4.99 Å². The van der Waals surface area contributed by atoms with Gasteiger partial charge in [-0.3, -0.25) is 9.36 Å². The first-order valence-electron chi connectivity index (χ1n) is 14.3. The van der Waals surface area contributed by atoms with Gasteiger partial charge in [-0.2, -0.15) is 5.26 Å². The number of nitrogens with zero attached hydrogens (tertiary/aromatic N) is 3. The minimum absolute atomic E-state index is 0.187. The smallest absolute Gasteiger partial charge is 0.338 e. The molecule has 0 aliphatic carbocycles. The number of benzene rings is 3. The van der Waals surface area contributed by atoms with E-state index in [2.05, 4.69) is 40.2 Å². The Bertz CT molecular complexity index is 2060. The number of thiazole rings is 1. The Morgan fingerprint density at radius 3 is 2.63 bits per heavy atom. The molecule has 0 saturated heterocycles. The first-order valence-corrected chi connectivity index (χ1v) is 16.2. The minimum Gasteiger partial charge on any atom is -0.493 e. The number of methoxy groups -OCH3 is 1. The number of allylic oxidation sites excluding steroid dienone is 1. The summed E-state index contributed by atoms with van der Waals surface area (Å²) in [6.45, 7) is 7.90. The van der Waals surface area contributed by atoms with Crippen LogP contribution >= 0.6 is 33.9 Å². The molecule has 3 aromatic carbocycles. The maximum atomic E-state index is 14.1. The molecule has 5 rings (SSSR count). The molecule has 0 unspecified atom stereocenters. The molecular weight excluding hydrogens is 717 g/mol. The van der Waals surface area contributed by atoms with Gasteiger partial charge in [0.1, 0.15) is 19.0 Å². The van der Waals surface area contributed by atoms with Gasteiger partial charge in [0.2, 0.25) is 0 Å². The molecule has 4 aromatic rings. The highest BCUT2D eigenvalue weighted by Gasteiger charge is 2.33. The van der Waals surface area contributed by atoms with Crippen molar-refractivity contribution in [2.75, 3.05) is 20.3 Å². The predicted octanol–water partition coefficient (Wildman–Crippen LogP) is 5.43. The van der Waals surface area contributed by atoms with Crippen LogP contribution in [0.25, 0.3) is 6.08 Å². The maximum Gasteiger partial charge on any atom is 0.338 e. The quantitative estimate of drug-likeness (QED) is 0.114. The molecule has 234 valence electrons. The lowest BCUT2D eigenvalue weighted by molar-refractivity contribution is -0.139. The van der Waals surface area contributed by atoms with Crippen LogP contribution < -0.4 is 29.1 Å². The summed E-state index contributed by atoms with van der Waals surface area (Å²) in [5.74, 6) is 1.13. The van der Waals surface area contributed by atoms with Gasteiger partial charge >= 0.3 is 5.97 Å². The van der Waals surface area contributed by atoms with Crippen molar-refractivity contribution in [3.05, 3.63) is 130 Å². The zero-order valence-electron chi connectivity index (χ0n) is 25.4. The Kier molecular flexibility index (Phi) is 10.4. The van der Waals surface area contributed by atoms with Crippen molar-refractivity contribution in [3.8, 4) is 23.3 Å². The average molecular weight is 748 g/mol. The van der Waals surface area contributed by atoms with Crippen molar-refractivity contribution in [1.29, 1.82) is 5.26 Å². The van der Waals surface area contributed by atoms with Gasteiger partial charge in [0.25, 0.3) is 5.56 Å². The van der Waals surface area contributed by atoms with E-state index in [0.29, 0.717) is 55.6 Å². The molecule has 1 atom stereocenters. The molecule has 2 heterocycles. The van der Waals surface area contributed by atoms with Crippen LogP contribution in [0, 0.1) is 14.9 Å². The third kappa shape index (κ3) is 6.78. The molecule has 0 saturated carbocycles. The van der Waals surface area contributed by atoms with E-state index in [-0.39, 0.29) is 18.8 Å². The second-order valence-electron chi connectivity index (χ2n) is 10.1. The van der Waals surface area contributed by atoms with E-state index in [4.69, 9.17) is 18.9 Å². The summed E-state index contributed by atoms with van der Waals surface area (Å²) < 4.78 is 25.5. The fourth-order valence-corrected chi connectivity index (χ4v) is 6.86. The summed E-state index contributed by atoms with van der Waals surface area (Å²) in [7, 11) is 1.55. The molecule has 1 aromatic heterocycles. The zero-order valence-corrected chi connectivity index (χ0v) is 28.4. The van der Waals surface area contributed by atoms with E-state index < -0.39 is 12.0 Å². The Morgan fingerprint density at radius 1 is 1.17 bits per heavy atom. The number of rotatable bonds is 11. The number of aromatic nitrogens is 1. The number of ether oxygens (including phenoxy) is 4. The summed E-state index contributed by atoms with van der Waals surface area (Å²) in [5.41, 5.74) is 3.23. The van der Waals surface area contributed by atoms with E-state index in [1.54, 1.807) is 61.9 Å². The molecule has 46 heavy (non-hydrogen) atoms. The third-order valence-corrected chi connectivity index (χ3v) is 8.92. The van der Waals surface area contributed by atoms with E-state index in [1.165, 1.54) is 11.3 Å². The van der Waals surface area contributed by atoms with Gasteiger partial charge < -0.3 is 18.9 Å². The van der Waals surface area contributed by atoms with Gasteiger partial charge in [0.15, 0.2) is 16.3 Å². The molecule has 0 fully saturated rings. The summed E-state index contributed by atoms with van der Waals surface area (Å²) in [5, 5.41) is 9.43. The van der Waals surface area contributed by atoms with Gasteiger partial charge in [-0.15, -0.1) is 0 Å². The van der Waals surface area contributed by atoms with E-state index >= 15 is 0 Å². The van der Waals surface area contributed by atoms with Crippen molar-refractivity contribution in [1.82, 2.24) is 4.57 Å². The number of hydrogen-bond donors (Lipinski definition) is 0. The van der Waals surface area contributed by atoms with E-state index in [0.717, 1.165) is 14.7 Å². The van der Waals surface area contributed by atoms with Crippen LogP contribution in [-0.2, 0) is 16.1 Å². The predicted molar refractivity (Wildman–Crippen MR) is 184 cm³/mol. The third-order valence-electron chi connectivity index (χ3n) is 7.14. The topological polar surface area (TPSA) is 112 Å². The average Bonchev–Trinajstić information content (AvgIpc) is 3.36. The summed E-state index contributed by atoms with van der Waals surface area (Å²) in [6.07, 6.45) is 3.43. The Hall–Kier alpha value is -4.67. The van der Waals surface area contributed by atoms with Crippen LogP contribution in [0.2, 0.25) is 0 Å². The second kappa shape index (κ2) is 14.6. The van der Waals surface area contributed by atoms with Crippen LogP contribution in [0.4, 0.5) is 0 Å². The van der Waals surface area contributed by atoms with Crippen LogP contribution in [0.1, 0.15) is 42.1 Å². The van der Waals surface area contributed by atoms with Gasteiger partial charge in [-0.1, -0.05) is 54.3 Å².